The van der Waals surface area contributed by atoms with Crippen molar-refractivity contribution in [3.63, 3.8) is 0 Å². The number of phenolic OH excluding ortho intramolecular Hbond substituents is 2. The number of carbonyl (C=O) groups excluding carboxylic acids is 1. The first-order chi connectivity index (χ1) is 13.2. The summed E-state index contributed by atoms with van der Waals surface area (Å²) in [5, 5.41) is 30.9. The van der Waals surface area contributed by atoms with E-state index < -0.39 is 18.0 Å². The van der Waals surface area contributed by atoms with Crippen LogP contribution < -0.4 is 4.74 Å². The molecule has 0 aromatic heterocycles. The summed E-state index contributed by atoms with van der Waals surface area (Å²) in [4.78, 5) is 12.8. The molecular weight excluding hydrogens is 356 g/mol. The van der Waals surface area contributed by atoms with Gasteiger partial charge in [-0.3, -0.25) is 4.79 Å². The van der Waals surface area contributed by atoms with Crippen molar-refractivity contribution >= 4 is 11.4 Å². The molecule has 0 radical (unpaired) electrons. The van der Waals surface area contributed by atoms with Crippen LogP contribution in [0.15, 0.2) is 48.6 Å². The number of aliphatic hydroxyl groups excluding tert-OH is 1. The number of ether oxygens (including phenoxy) is 1. The average Bonchev–Trinajstić information content (AvgIpc) is 2.63. The van der Waals surface area contributed by atoms with Crippen molar-refractivity contribution in [1.29, 1.82) is 0 Å². The molecule has 1 heterocycles. The smallest absolute Gasteiger partial charge is 0.199 e. The van der Waals surface area contributed by atoms with Crippen LogP contribution in [0, 0.1) is 0 Å². The second kappa shape index (κ2) is 7.52. The van der Waals surface area contributed by atoms with Gasteiger partial charge in [0.15, 0.2) is 18.0 Å². The molecule has 0 amide bonds. The van der Waals surface area contributed by atoms with E-state index in [0.29, 0.717) is 28.7 Å². The predicted octanol–water partition coefficient (Wildman–Crippen LogP) is 4.32. The molecule has 0 fully saturated rings. The second-order valence-corrected chi connectivity index (χ2v) is 7.37. The van der Waals surface area contributed by atoms with Gasteiger partial charge in [0.05, 0.1) is 5.56 Å². The minimum absolute atomic E-state index is 0.0347. The number of fused-ring (bicyclic) bond motifs is 1. The first-order valence-corrected chi connectivity index (χ1v) is 9.06. The Hall–Kier alpha value is -3.05. The Morgan fingerprint density at radius 3 is 2.50 bits per heavy atom. The van der Waals surface area contributed by atoms with E-state index in [1.54, 1.807) is 25.1 Å². The number of rotatable bonds is 4. The number of benzene rings is 2. The third-order valence-electron chi connectivity index (χ3n) is 4.79. The van der Waals surface area contributed by atoms with E-state index in [2.05, 4.69) is 6.58 Å². The van der Waals surface area contributed by atoms with Crippen LogP contribution in [0.4, 0.5) is 0 Å². The fourth-order valence-corrected chi connectivity index (χ4v) is 3.20. The number of hydrogen-bond acceptors (Lipinski definition) is 5. The van der Waals surface area contributed by atoms with Crippen molar-refractivity contribution in [2.75, 3.05) is 0 Å². The van der Waals surface area contributed by atoms with Crippen molar-refractivity contribution in [3.8, 4) is 17.2 Å². The van der Waals surface area contributed by atoms with Crippen LogP contribution in [0.2, 0.25) is 0 Å². The van der Waals surface area contributed by atoms with Crippen LogP contribution in [-0.2, 0) is 6.42 Å². The van der Waals surface area contributed by atoms with Crippen molar-refractivity contribution in [2.45, 2.75) is 39.4 Å². The average molecular weight is 380 g/mol. The van der Waals surface area contributed by atoms with Crippen LogP contribution in [0.5, 0.6) is 17.2 Å². The Bertz CT molecular complexity index is 983. The number of phenols is 2. The van der Waals surface area contributed by atoms with E-state index in [4.69, 9.17) is 4.74 Å². The van der Waals surface area contributed by atoms with Crippen molar-refractivity contribution < 1.29 is 24.9 Å². The molecule has 2 aromatic rings. The Morgan fingerprint density at radius 2 is 1.86 bits per heavy atom. The predicted molar refractivity (Wildman–Crippen MR) is 108 cm³/mol. The maximum Gasteiger partial charge on any atom is 0.199 e. The van der Waals surface area contributed by atoms with Gasteiger partial charge < -0.3 is 20.1 Å². The van der Waals surface area contributed by atoms with Crippen molar-refractivity contribution in [3.05, 3.63) is 70.8 Å². The molecule has 28 heavy (non-hydrogen) atoms. The van der Waals surface area contributed by atoms with Crippen molar-refractivity contribution in [2.24, 2.45) is 0 Å². The highest BCUT2D eigenvalue weighted by atomic mass is 16.5. The van der Waals surface area contributed by atoms with Gasteiger partial charge in [-0.1, -0.05) is 24.3 Å². The first kappa shape index (κ1) is 19.7. The molecule has 0 saturated carbocycles. The molecule has 5 nitrogen and oxygen atoms in total. The van der Waals surface area contributed by atoms with Crippen LogP contribution in [-0.4, -0.2) is 27.2 Å². The molecule has 3 rings (SSSR count). The number of aliphatic hydroxyl groups is 1. The van der Waals surface area contributed by atoms with Gasteiger partial charge in [0, 0.05) is 11.6 Å². The van der Waals surface area contributed by atoms with Gasteiger partial charge in [0.2, 0.25) is 0 Å². The summed E-state index contributed by atoms with van der Waals surface area (Å²) in [6, 6.07) is 7.71. The van der Waals surface area contributed by atoms with Crippen molar-refractivity contribution in [1.82, 2.24) is 0 Å². The molecule has 3 N–H and O–H groups in total. The second-order valence-electron chi connectivity index (χ2n) is 7.37. The number of ketones is 1. The zero-order valence-electron chi connectivity index (χ0n) is 16.2. The number of carbonyl (C=O) groups is 1. The van der Waals surface area contributed by atoms with Gasteiger partial charge in [0.25, 0.3) is 0 Å². The van der Waals surface area contributed by atoms with Gasteiger partial charge in [-0.15, -0.1) is 0 Å². The number of aromatic hydroxyl groups is 2. The van der Waals surface area contributed by atoms with E-state index in [0.717, 1.165) is 5.57 Å². The van der Waals surface area contributed by atoms with E-state index in [9.17, 15) is 20.1 Å². The van der Waals surface area contributed by atoms with Gasteiger partial charge in [-0.2, -0.15) is 0 Å². The fraction of sp³-hybridized carbons (Fsp3) is 0.261. The third-order valence-corrected chi connectivity index (χ3v) is 4.79. The normalized spacial score (nSPS) is 18.2. The molecular formula is C23H24O5. The summed E-state index contributed by atoms with van der Waals surface area (Å²) in [5.41, 5.74) is 3.65. The fourth-order valence-electron chi connectivity index (χ4n) is 3.20. The van der Waals surface area contributed by atoms with Crippen LogP contribution in [0.1, 0.15) is 53.9 Å². The standard InChI is InChI=1S/C23H24O5/c1-12(2)5-6-14-9-17-20(11-19(14)25)28-23(22(27)21(17)26)15-7-8-18(24)16(10-15)13(3)4/h5,7-11,22-25,27H,3,6H2,1-2,4H3/t22-,23+/m0/s1. The van der Waals surface area contributed by atoms with Gasteiger partial charge in [0.1, 0.15) is 17.2 Å². The lowest BCUT2D eigenvalue weighted by Gasteiger charge is -2.30. The molecule has 2 atom stereocenters. The molecule has 2 aromatic carbocycles. The number of Topliss-reactive ketones (excluding diaryl/α,β-unsaturated/α-hetero) is 1. The summed E-state index contributed by atoms with van der Waals surface area (Å²) < 4.78 is 5.88. The monoisotopic (exact) mass is 380 g/mol. The molecule has 0 bridgehead atoms. The Morgan fingerprint density at radius 1 is 1.14 bits per heavy atom. The summed E-state index contributed by atoms with van der Waals surface area (Å²) in [6.07, 6.45) is 0.0936. The van der Waals surface area contributed by atoms with E-state index in [1.165, 1.54) is 12.1 Å². The Kier molecular flexibility index (Phi) is 5.29. The molecule has 0 aliphatic carbocycles. The Labute approximate surface area is 164 Å². The number of allylic oxidation sites excluding steroid dienone is 3. The quantitative estimate of drug-likeness (QED) is 0.688. The molecule has 146 valence electrons. The van der Waals surface area contributed by atoms with Gasteiger partial charge in [-0.05, 0) is 62.1 Å². The highest BCUT2D eigenvalue weighted by Crippen LogP contribution is 2.40. The highest BCUT2D eigenvalue weighted by Gasteiger charge is 2.37. The molecule has 1 aliphatic heterocycles. The van der Waals surface area contributed by atoms with Crippen LogP contribution >= 0.6 is 0 Å². The van der Waals surface area contributed by atoms with Crippen LogP contribution in [0.25, 0.3) is 5.57 Å². The maximum absolute atomic E-state index is 12.8. The zero-order chi connectivity index (χ0) is 20.6. The van der Waals surface area contributed by atoms with E-state index >= 15 is 0 Å². The summed E-state index contributed by atoms with van der Waals surface area (Å²) >= 11 is 0. The highest BCUT2D eigenvalue weighted by molar-refractivity contribution is 6.03. The zero-order valence-corrected chi connectivity index (χ0v) is 16.2. The molecule has 0 unspecified atom stereocenters. The van der Waals surface area contributed by atoms with Gasteiger partial charge in [-0.25, -0.2) is 0 Å². The minimum atomic E-state index is -1.39. The number of hydrogen-bond donors (Lipinski definition) is 3. The van der Waals surface area contributed by atoms with Gasteiger partial charge >= 0.3 is 0 Å². The molecule has 0 saturated heterocycles. The van der Waals surface area contributed by atoms with E-state index in [1.807, 2.05) is 19.9 Å². The lowest BCUT2D eigenvalue weighted by atomic mass is 9.90. The SMILES string of the molecule is C=C(C)c1cc([C@H]2Oc3cc(O)c(CC=C(C)C)cc3C(=O)[C@@H]2O)ccc1O. The first-order valence-electron chi connectivity index (χ1n) is 9.06. The molecule has 5 heteroatoms. The lowest BCUT2D eigenvalue weighted by Crippen LogP contribution is -2.36. The summed E-state index contributed by atoms with van der Waals surface area (Å²) in [6.45, 7) is 9.49. The third kappa shape index (κ3) is 3.66. The van der Waals surface area contributed by atoms with E-state index in [-0.39, 0.29) is 22.8 Å². The summed E-state index contributed by atoms with van der Waals surface area (Å²) in [7, 11) is 0. The summed E-state index contributed by atoms with van der Waals surface area (Å²) in [5.74, 6) is -0.138. The lowest BCUT2D eigenvalue weighted by molar-refractivity contribution is 0.0215. The molecule has 0 spiro atoms. The Balaban J connectivity index is 2.01. The largest absolute Gasteiger partial charge is 0.508 e. The van der Waals surface area contributed by atoms with Crippen LogP contribution in [0.3, 0.4) is 0 Å². The molecule has 1 aliphatic rings. The minimum Gasteiger partial charge on any atom is -0.508 e. The maximum atomic E-state index is 12.8. The topological polar surface area (TPSA) is 87.0 Å².